The third-order valence-electron chi connectivity index (χ3n) is 16.6. The molecule has 3 atom stereocenters. The van der Waals surface area contributed by atoms with E-state index in [0.717, 1.165) is 55.6 Å². The Bertz CT molecular complexity index is 5110. The van der Waals surface area contributed by atoms with Gasteiger partial charge in [-0.1, -0.05) is 309 Å². The molecule has 0 heterocycles. The average molecular weight is 1800 g/mol. The van der Waals surface area contributed by atoms with Gasteiger partial charge in [-0.3, -0.25) is 4.79 Å². The Morgan fingerprint density at radius 3 is 0.669 bits per heavy atom. The molecular weight excluding hydrogens is 1690 g/mol. The number of aliphatic hydroxyl groups is 4. The Hall–Kier alpha value is -15.7. The van der Waals surface area contributed by atoms with Crippen LogP contribution in [0.4, 0.5) is 0 Å². The Kier molecular flexibility index (Phi) is 59.6. The Balaban J connectivity index is 0.000000329. The summed E-state index contributed by atoms with van der Waals surface area (Å²) in [5.41, 5.74) is 9.37. The molecule has 10 rings (SSSR count). The molecule has 4 N–H and O–H groups in total. The Morgan fingerprint density at radius 2 is 0.444 bits per heavy atom. The molecular formula is C110H114O23. The number of ether oxygens (including phenoxy) is 9. The highest BCUT2D eigenvalue weighted by atomic mass is 16.6. The fourth-order valence-corrected chi connectivity index (χ4v) is 9.92. The molecule has 0 saturated carbocycles. The SMILES string of the molecule is CC(CCC(=O)/C=C/c1ccccc1)OC(=O)/C=C/c1ccccc1.CC(CO)OC(=O)/C=C/c1ccccc1.CC(O)COC(=O)/C=C/c1ccccc1.O=C(/C=C/c1ccccc1)OCCCO.O=C(/C=C/c1ccccc1)OCCCOC(=O)/C=C/c1ccccc1.O=C(/C=C/c1ccccc1)OCCO.O=C(/C=C/c1ccccc1)OCCOC(=O)/C=C/c1ccccc1. The van der Waals surface area contributed by atoms with Crippen LogP contribution in [0.2, 0.25) is 0 Å². The van der Waals surface area contributed by atoms with Gasteiger partial charge in [0.15, 0.2) is 5.78 Å². The molecule has 0 radical (unpaired) electrons. The van der Waals surface area contributed by atoms with Crippen LogP contribution in [0.1, 0.15) is 102 Å². The van der Waals surface area contributed by atoms with Crippen molar-refractivity contribution in [1.29, 1.82) is 0 Å². The number of ketones is 1. The molecule has 10 aromatic rings. The molecule has 0 spiro atoms. The first-order valence-corrected chi connectivity index (χ1v) is 42.6. The number of benzene rings is 10. The van der Waals surface area contributed by atoms with Crippen molar-refractivity contribution in [2.75, 3.05) is 66.1 Å². The van der Waals surface area contributed by atoms with Gasteiger partial charge in [0.2, 0.25) is 0 Å². The molecule has 0 fully saturated rings. The van der Waals surface area contributed by atoms with E-state index in [-0.39, 0.29) is 83.9 Å². The topological polar surface area (TPSA) is 335 Å². The fourth-order valence-electron chi connectivity index (χ4n) is 9.92. The van der Waals surface area contributed by atoms with Crippen molar-refractivity contribution in [3.8, 4) is 0 Å². The highest BCUT2D eigenvalue weighted by Gasteiger charge is 2.11. The first kappa shape index (κ1) is 110. The number of carbonyl (C=O) groups excluding carboxylic acids is 10. The lowest BCUT2D eigenvalue weighted by molar-refractivity contribution is -0.145. The molecule has 0 aliphatic rings. The quantitative estimate of drug-likeness (QED) is 0.0120. The number of hydrogen-bond acceptors (Lipinski definition) is 23. The predicted molar refractivity (Wildman–Crippen MR) is 519 cm³/mol. The second kappa shape index (κ2) is 72.3. The van der Waals surface area contributed by atoms with Gasteiger partial charge in [-0.05, 0) is 144 Å². The average Bonchev–Trinajstić information content (AvgIpc) is 0.917. The molecule has 0 aliphatic heterocycles. The van der Waals surface area contributed by atoms with Crippen molar-refractivity contribution in [3.05, 3.63) is 420 Å². The van der Waals surface area contributed by atoms with Gasteiger partial charge in [0.05, 0.1) is 45.2 Å². The minimum atomic E-state index is -0.626. The summed E-state index contributed by atoms with van der Waals surface area (Å²) in [4.78, 5) is 114. The van der Waals surface area contributed by atoms with Crippen LogP contribution in [0.25, 0.3) is 60.8 Å². The molecule has 0 bridgehead atoms. The van der Waals surface area contributed by atoms with Crippen molar-refractivity contribution < 1.29 is 111 Å². The van der Waals surface area contributed by atoms with Gasteiger partial charge in [0.25, 0.3) is 0 Å². The number of carbonyl (C=O) groups is 10. The largest absolute Gasteiger partial charge is 0.462 e. The number of allylic oxidation sites excluding steroid dienone is 1. The third kappa shape index (κ3) is 60.7. The van der Waals surface area contributed by atoms with E-state index in [2.05, 4.69) is 4.74 Å². The zero-order valence-electron chi connectivity index (χ0n) is 74.6. The van der Waals surface area contributed by atoms with Crippen LogP contribution in [0.3, 0.4) is 0 Å². The van der Waals surface area contributed by atoms with Gasteiger partial charge in [-0.2, -0.15) is 0 Å². The van der Waals surface area contributed by atoms with Crippen LogP contribution in [0.15, 0.2) is 364 Å². The van der Waals surface area contributed by atoms with E-state index in [9.17, 15) is 47.9 Å². The maximum absolute atomic E-state index is 11.9. The summed E-state index contributed by atoms with van der Waals surface area (Å²) in [6, 6.07) is 94.9. The van der Waals surface area contributed by atoms with E-state index >= 15 is 0 Å². The van der Waals surface area contributed by atoms with Gasteiger partial charge < -0.3 is 63.1 Å². The molecule has 692 valence electrons. The summed E-state index contributed by atoms with van der Waals surface area (Å²) >= 11 is 0. The van der Waals surface area contributed by atoms with E-state index in [1.807, 2.05) is 303 Å². The van der Waals surface area contributed by atoms with Crippen molar-refractivity contribution in [2.45, 2.75) is 64.8 Å². The zero-order valence-corrected chi connectivity index (χ0v) is 74.6. The second-order valence-corrected chi connectivity index (χ2v) is 27.8. The summed E-state index contributed by atoms with van der Waals surface area (Å²) in [6.07, 6.45) is 31.1. The lowest BCUT2D eigenvalue weighted by Crippen LogP contribution is -2.16. The lowest BCUT2D eigenvalue weighted by Gasteiger charge is -2.10. The van der Waals surface area contributed by atoms with E-state index in [1.165, 1.54) is 54.7 Å². The Morgan fingerprint density at radius 1 is 0.241 bits per heavy atom. The van der Waals surface area contributed by atoms with Gasteiger partial charge in [0.1, 0.15) is 32.5 Å². The maximum Gasteiger partial charge on any atom is 0.331 e. The number of esters is 9. The standard InChI is InChI=1S/C22H22O3.C21H20O4.C20H18O4.3C12H14O3.C11H12O3/c1-18(25-22(24)17-14-20-10-6-3-7-11-20)12-15-21(23)16-13-19-8-4-2-5-9-19;22-20(14-12-18-8-3-1-4-9-18)24-16-7-17-25-21(23)15-13-19-10-5-2-6-11-19;21-19(13-11-17-7-3-1-4-8-17)23-15-16-24-20(22)14-12-18-9-5-2-6-10-18;1-10(13)9-15-12(14)8-7-11-5-3-2-4-6-11;1-10(9-13)15-12(14)8-7-11-5-3-2-4-6-11;13-9-4-10-15-12(14)8-7-11-5-2-1-3-6-11;12-8-9-14-11(13)7-6-10-4-2-1-3-5-10/h2-11,13-14,16-18H,12,15H2,1H3;1-6,8-15H,7,16-17H2;1-14H,15-16H2;2*2-8,10,13H,9H2,1H3;1-3,5-8,13H,4,9-10H2;1-7,12H,8-9H2/b16-13+,17-14+;14-12+,15-13+;13-11+,14-12+;3*8-7+;7-6+. The van der Waals surface area contributed by atoms with Crippen LogP contribution in [0, 0.1) is 0 Å². The van der Waals surface area contributed by atoms with Gasteiger partial charge in [-0.15, -0.1) is 0 Å². The molecule has 10 aromatic carbocycles. The predicted octanol–water partition coefficient (Wildman–Crippen LogP) is 18.2. The van der Waals surface area contributed by atoms with Gasteiger partial charge >= 0.3 is 53.7 Å². The number of rotatable bonds is 40. The molecule has 0 saturated heterocycles. The van der Waals surface area contributed by atoms with Crippen LogP contribution in [-0.2, 0) is 90.6 Å². The van der Waals surface area contributed by atoms with Crippen molar-refractivity contribution >= 4 is 120 Å². The summed E-state index contributed by atoms with van der Waals surface area (Å²) in [7, 11) is 0. The monoisotopic (exact) mass is 1800 g/mol. The van der Waals surface area contributed by atoms with Crippen molar-refractivity contribution in [1.82, 2.24) is 0 Å². The van der Waals surface area contributed by atoms with E-state index < -0.39 is 60.0 Å². The number of aliphatic hydroxyl groups excluding tert-OH is 4. The van der Waals surface area contributed by atoms with Crippen molar-refractivity contribution in [3.63, 3.8) is 0 Å². The molecule has 0 aliphatic carbocycles. The van der Waals surface area contributed by atoms with Gasteiger partial charge in [0, 0.05) is 80.6 Å². The van der Waals surface area contributed by atoms with E-state index in [4.69, 9.17) is 58.3 Å². The van der Waals surface area contributed by atoms with Crippen LogP contribution >= 0.6 is 0 Å². The maximum atomic E-state index is 11.9. The first-order valence-electron chi connectivity index (χ1n) is 42.6. The fraction of sp³-hybridized carbons (Fsp3) is 0.182. The zero-order chi connectivity index (χ0) is 96.0. The summed E-state index contributed by atoms with van der Waals surface area (Å²) in [6.45, 7) is 5.48. The Labute approximate surface area is 777 Å². The third-order valence-corrected chi connectivity index (χ3v) is 16.6. The smallest absolute Gasteiger partial charge is 0.331 e. The molecule has 3 unspecified atom stereocenters. The van der Waals surface area contributed by atoms with Crippen molar-refractivity contribution in [2.24, 2.45) is 0 Å². The van der Waals surface area contributed by atoms with E-state index in [1.54, 1.807) is 87.6 Å². The minimum absolute atomic E-state index is 0.0167. The molecule has 0 amide bonds. The minimum Gasteiger partial charge on any atom is -0.462 e. The normalized spacial score (nSPS) is 11.5. The first-order chi connectivity index (χ1) is 64.7. The number of hydrogen-bond donors (Lipinski definition) is 4. The lowest BCUT2D eigenvalue weighted by atomic mass is 10.1. The van der Waals surface area contributed by atoms with Gasteiger partial charge in [-0.25, -0.2) is 43.2 Å². The summed E-state index contributed by atoms with van der Waals surface area (Å²) < 4.78 is 44.3. The molecule has 23 nitrogen and oxygen atoms in total. The molecule has 23 heteroatoms. The molecule has 133 heavy (non-hydrogen) atoms. The molecule has 0 aromatic heterocycles. The van der Waals surface area contributed by atoms with E-state index in [0.29, 0.717) is 25.7 Å². The van der Waals surface area contributed by atoms with Crippen LogP contribution < -0.4 is 0 Å². The van der Waals surface area contributed by atoms with Crippen LogP contribution in [-0.4, -0.2) is 164 Å². The van der Waals surface area contributed by atoms with Crippen LogP contribution in [0.5, 0.6) is 0 Å². The highest BCUT2D eigenvalue weighted by Crippen LogP contribution is 2.12. The second-order valence-electron chi connectivity index (χ2n) is 27.8. The summed E-state index contributed by atoms with van der Waals surface area (Å²) in [5, 5.41) is 34.4. The highest BCUT2D eigenvalue weighted by molar-refractivity contribution is 5.94. The summed E-state index contributed by atoms with van der Waals surface area (Å²) in [5.74, 6) is -3.88.